The minimum Gasteiger partial charge on any atom is -0.370 e. The molecule has 2 bridgehead atoms. The second-order valence-corrected chi connectivity index (χ2v) is 5.97. The Labute approximate surface area is 112 Å². The summed E-state index contributed by atoms with van der Waals surface area (Å²) < 4.78 is 10.9. The lowest BCUT2D eigenvalue weighted by Gasteiger charge is -2.22. The fourth-order valence-electron chi connectivity index (χ4n) is 3.37. The third kappa shape index (κ3) is 1.91. The third-order valence-electron chi connectivity index (χ3n) is 4.92. The van der Waals surface area contributed by atoms with Crippen LogP contribution in [0.3, 0.4) is 0 Å². The van der Waals surface area contributed by atoms with Crippen LogP contribution in [0.15, 0.2) is 4.52 Å². The van der Waals surface area contributed by atoms with Gasteiger partial charge in [-0.25, -0.2) is 0 Å². The zero-order valence-electron chi connectivity index (χ0n) is 11.7. The fraction of sp³-hybridized carbons (Fsp3) is 0.786. The molecule has 0 aliphatic heterocycles. The maximum atomic E-state index is 11.8. The summed E-state index contributed by atoms with van der Waals surface area (Å²) >= 11 is 0. The predicted molar refractivity (Wildman–Crippen MR) is 67.5 cm³/mol. The van der Waals surface area contributed by atoms with Crippen molar-refractivity contribution in [2.75, 3.05) is 7.11 Å². The van der Waals surface area contributed by atoms with Crippen LogP contribution < -0.4 is 0 Å². The Morgan fingerprint density at radius 3 is 2.74 bits per heavy atom. The van der Waals surface area contributed by atoms with Crippen LogP contribution in [0.5, 0.6) is 0 Å². The minimum absolute atomic E-state index is 0.105. The smallest absolute Gasteiger partial charge is 0.230 e. The quantitative estimate of drug-likeness (QED) is 0.835. The number of carbonyl (C=O) groups excluding carboxylic acids is 1. The van der Waals surface area contributed by atoms with Crippen LogP contribution in [0.2, 0.25) is 0 Å². The first-order valence-corrected chi connectivity index (χ1v) is 6.99. The van der Waals surface area contributed by atoms with Gasteiger partial charge in [0, 0.05) is 25.4 Å². The molecule has 0 saturated heterocycles. The molecule has 4 atom stereocenters. The first-order chi connectivity index (χ1) is 9.07. The molecule has 2 saturated carbocycles. The van der Waals surface area contributed by atoms with Crippen molar-refractivity contribution in [3.63, 3.8) is 0 Å². The second kappa shape index (κ2) is 4.40. The molecule has 5 heteroatoms. The number of methoxy groups -OCH3 is 1. The molecule has 104 valence electrons. The Bertz CT molecular complexity index is 493. The van der Waals surface area contributed by atoms with E-state index in [-0.39, 0.29) is 11.8 Å². The lowest BCUT2D eigenvalue weighted by atomic mass is 9.88. The molecular formula is C14H20N2O3. The Morgan fingerprint density at radius 2 is 2.16 bits per heavy atom. The minimum atomic E-state index is -0.511. The van der Waals surface area contributed by atoms with Crippen molar-refractivity contribution >= 4 is 5.78 Å². The molecule has 0 radical (unpaired) electrons. The van der Waals surface area contributed by atoms with Gasteiger partial charge in [0.15, 0.2) is 0 Å². The van der Waals surface area contributed by atoms with Crippen LogP contribution in [0.4, 0.5) is 0 Å². The Hall–Kier alpha value is -1.23. The van der Waals surface area contributed by atoms with Crippen LogP contribution in [-0.4, -0.2) is 23.0 Å². The molecule has 2 aliphatic rings. The number of Topliss-reactive ketones (excluding diaryl/α,β-unsaturated/α-hetero) is 1. The van der Waals surface area contributed by atoms with Gasteiger partial charge in [-0.15, -0.1) is 0 Å². The van der Waals surface area contributed by atoms with Crippen molar-refractivity contribution in [2.24, 2.45) is 11.8 Å². The molecule has 1 aromatic heterocycles. The highest BCUT2D eigenvalue weighted by molar-refractivity contribution is 5.85. The molecule has 19 heavy (non-hydrogen) atoms. The summed E-state index contributed by atoms with van der Waals surface area (Å²) in [4.78, 5) is 16.3. The summed E-state index contributed by atoms with van der Waals surface area (Å²) in [6.45, 7) is 3.98. The number of ether oxygens (including phenoxy) is 1. The van der Waals surface area contributed by atoms with Gasteiger partial charge in [0.05, 0.1) is 0 Å². The fourth-order valence-corrected chi connectivity index (χ4v) is 3.37. The van der Waals surface area contributed by atoms with Crippen molar-refractivity contribution < 1.29 is 14.1 Å². The Kier molecular flexibility index (Phi) is 2.96. The van der Waals surface area contributed by atoms with Gasteiger partial charge in [-0.05, 0) is 32.1 Å². The zero-order chi connectivity index (χ0) is 13.6. The second-order valence-electron chi connectivity index (χ2n) is 5.97. The van der Waals surface area contributed by atoms with Gasteiger partial charge in [0.2, 0.25) is 11.7 Å². The number of rotatable bonds is 4. The Balaban J connectivity index is 1.84. The van der Waals surface area contributed by atoms with E-state index in [1.165, 1.54) is 0 Å². The highest BCUT2D eigenvalue weighted by atomic mass is 16.5. The van der Waals surface area contributed by atoms with E-state index in [1.54, 1.807) is 7.11 Å². The van der Waals surface area contributed by atoms with Gasteiger partial charge in [0.1, 0.15) is 11.4 Å². The molecule has 1 heterocycles. The van der Waals surface area contributed by atoms with Crippen molar-refractivity contribution in [1.29, 1.82) is 0 Å². The maximum absolute atomic E-state index is 11.8. The van der Waals surface area contributed by atoms with E-state index >= 15 is 0 Å². The van der Waals surface area contributed by atoms with Crippen LogP contribution in [-0.2, 0) is 15.1 Å². The largest absolute Gasteiger partial charge is 0.370 e. The van der Waals surface area contributed by atoms with Crippen molar-refractivity contribution in [3.05, 3.63) is 11.7 Å². The molecular weight excluding hydrogens is 244 g/mol. The van der Waals surface area contributed by atoms with E-state index < -0.39 is 5.60 Å². The van der Waals surface area contributed by atoms with Crippen LogP contribution in [0.1, 0.15) is 57.2 Å². The molecule has 0 aromatic carbocycles. The lowest BCUT2D eigenvalue weighted by Crippen LogP contribution is -2.25. The van der Waals surface area contributed by atoms with E-state index in [0.717, 1.165) is 25.7 Å². The van der Waals surface area contributed by atoms with Crippen molar-refractivity contribution in [1.82, 2.24) is 10.1 Å². The molecule has 2 aliphatic carbocycles. The molecule has 2 unspecified atom stereocenters. The summed E-state index contributed by atoms with van der Waals surface area (Å²) in [6.07, 6.45) is 3.52. The van der Waals surface area contributed by atoms with E-state index in [2.05, 4.69) is 10.1 Å². The number of ketones is 1. The van der Waals surface area contributed by atoms with E-state index in [9.17, 15) is 4.79 Å². The topological polar surface area (TPSA) is 65.2 Å². The molecule has 0 N–H and O–H groups in total. The molecule has 0 spiro atoms. The van der Waals surface area contributed by atoms with Crippen LogP contribution in [0.25, 0.3) is 0 Å². The van der Waals surface area contributed by atoms with Gasteiger partial charge in [-0.3, -0.25) is 4.79 Å². The van der Waals surface area contributed by atoms with Gasteiger partial charge >= 0.3 is 0 Å². The van der Waals surface area contributed by atoms with E-state index in [0.29, 0.717) is 23.4 Å². The van der Waals surface area contributed by atoms with Gasteiger partial charge in [-0.1, -0.05) is 12.1 Å². The predicted octanol–water partition coefficient (Wildman–Crippen LogP) is 2.42. The van der Waals surface area contributed by atoms with Crippen LogP contribution >= 0.6 is 0 Å². The normalized spacial score (nSPS) is 32.8. The van der Waals surface area contributed by atoms with Gasteiger partial charge in [-0.2, -0.15) is 4.98 Å². The van der Waals surface area contributed by atoms with Crippen LogP contribution in [0, 0.1) is 11.8 Å². The van der Waals surface area contributed by atoms with Gasteiger partial charge in [0.25, 0.3) is 0 Å². The Morgan fingerprint density at radius 1 is 1.42 bits per heavy atom. The summed E-state index contributed by atoms with van der Waals surface area (Å²) in [5, 5.41) is 4.06. The number of carbonyl (C=O) groups is 1. The summed E-state index contributed by atoms with van der Waals surface area (Å²) in [5.41, 5.74) is -0.511. The monoisotopic (exact) mass is 264 g/mol. The summed E-state index contributed by atoms with van der Waals surface area (Å²) in [7, 11) is 1.65. The lowest BCUT2D eigenvalue weighted by molar-refractivity contribution is -0.122. The first kappa shape index (κ1) is 12.8. The molecule has 1 aromatic rings. The molecule has 5 nitrogen and oxygen atoms in total. The first-order valence-electron chi connectivity index (χ1n) is 6.99. The van der Waals surface area contributed by atoms with E-state index in [1.807, 2.05) is 13.8 Å². The van der Waals surface area contributed by atoms with Crippen molar-refractivity contribution in [3.8, 4) is 0 Å². The SMILES string of the molecule is CCC(C)(OC)c1noc(C2C[C@@H]3CC(=O)[C@H]2C3)n1. The highest BCUT2D eigenvalue weighted by Crippen LogP contribution is 2.50. The third-order valence-corrected chi connectivity index (χ3v) is 4.92. The van der Waals surface area contributed by atoms with E-state index in [4.69, 9.17) is 9.26 Å². The summed E-state index contributed by atoms with van der Waals surface area (Å²) in [5.74, 6) is 2.33. The average Bonchev–Trinajstić information content (AvgIpc) is 3.10. The zero-order valence-corrected chi connectivity index (χ0v) is 11.7. The number of fused-ring (bicyclic) bond motifs is 2. The van der Waals surface area contributed by atoms with Gasteiger partial charge < -0.3 is 9.26 Å². The van der Waals surface area contributed by atoms with Crippen molar-refractivity contribution in [2.45, 2.75) is 51.0 Å². The molecule has 3 rings (SSSR count). The standard InChI is InChI=1S/C14H20N2O3/c1-4-14(2,18-3)13-15-12(19-16-13)10-6-8-5-9(10)11(17)7-8/h8-10H,4-7H2,1-3H3/t8-,9+,10?,14?/m1/s1. The highest BCUT2D eigenvalue weighted by Gasteiger charge is 2.48. The maximum Gasteiger partial charge on any atom is 0.230 e. The molecule has 0 amide bonds. The number of nitrogens with zero attached hydrogens (tertiary/aromatic N) is 2. The number of aromatic nitrogens is 2. The number of hydrogen-bond donors (Lipinski definition) is 0. The molecule has 2 fully saturated rings. The average molecular weight is 264 g/mol. The summed E-state index contributed by atoms with van der Waals surface area (Å²) in [6, 6.07) is 0. The number of hydrogen-bond acceptors (Lipinski definition) is 5.